The lowest BCUT2D eigenvalue weighted by Gasteiger charge is -2.15. The molecule has 0 aliphatic carbocycles. The van der Waals surface area contributed by atoms with Gasteiger partial charge in [-0.05, 0) is 53.4 Å². The highest BCUT2D eigenvalue weighted by Crippen LogP contribution is 2.19. The number of ether oxygens (including phenoxy) is 1. The fourth-order valence-corrected chi connectivity index (χ4v) is 2.87. The van der Waals surface area contributed by atoms with Gasteiger partial charge in [0.1, 0.15) is 5.75 Å². The Bertz CT molecular complexity index is 934. The van der Waals surface area contributed by atoms with E-state index < -0.39 is 12.1 Å². The molecule has 0 radical (unpaired) electrons. The normalized spacial score (nSPS) is 12.0. The first-order chi connectivity index (χ1) is 13.0. The van der Waals surface area contributed by atoms with Crippen LogP contribution in [0.3, 0.4) is 0 Å². The number of rotatable bonds is 7. The lowest BCUT2D eigenvalue weighted by Crippen LogP contribution is -2.41. The fraction of sp³-hybridized carbons (Fsp3) is 0.227. The zero-order chi connectivity index (χ0) is 19.2. The van der Waals surface area contributed by atoms with Crippen LogP contribution >= 0.6 is 0 Å². The van der Waals surface area contributed by atoms with E-state index in [0.717, 1.165) is 21.9 Å². The van der Waals surface area contributed by atoms with Crippen molar-refractivity contribution >= 4 is 16.7 Å². The predicted octanol–water partition coefficient (Wildman–Crippen LogP) is 3.41. The minimum absolute atomic E-state index is 0.184. The van der Waals surface area contributed by atoms with Crippen molar-refractivity contribution in [2.75, 3.05) is 6.61 Å². The minimum Gasteiger partial charge on any atom is -0.482 e. The van der Waals surface area contributed by atoms with E-state index in [1.54, 1.807) is 0 Å². The van der Waals surface area contributed by atoms with Gasteiger partial charge in [-0.2, -0.15) is 0 Å². The third kappa shape index (κ3) is 5.06. The van der Waals surface area contributed by atoms with Crippen LogP contribution in [0.5, 0.6) is 5.75 Å². The molecular weight excluding hydrogens is 340 g/mol. The Kier molecular flexibility index (Phi) is 6.06. The Morgan fingerprint density at radius 1 is 1.04 bits per heavy atom. The molecule has 1 atom stereocenters. The summed E-state index contributed by atoms with van der Waals surface area (Å²) < 4.78 is 5.46. The Morgan fingerprint density at radius 3 is 2.63 bits per heavy atom. The summed E-state index contributed by atoms with van der Waals surface area (Å²) in [5.41, 5.74) is 12.0. The Balaban J connectivity index is 1.49. The Morgan fingerprint density at radius 2 is 1.81 bits per heavy atom. The summed E-state index contributed by atoms with van der Waals surface area (Å²) in [4.78, 5) is 16.9. The standard InChI is InChI=1S/C22H24N2O3/c1-15-10-11-19(12-16(15)2)26-14-22(25)27-24-21(23)13-18-8-5-7-17-6-3-4-9-20(17)18/h3-12,21,24H,13-14,23H2,1-2H3/t21-/m0/s1. The number of hydrogen-bond donors (Lipinski definition) is 2. The van der Waals surface area contributed by atoms with E-state index in [4.69, 9.17) is 15.3 Å². The number of carbonyl (C=O) groups excluding carboxylic acids is 1. The molecule has 5 heteroatoms. The Labute approximate surface area is 159 Å². The summed E-state index contributed by atoms with van der Waals surface area (Å²) in [5, 5.41) is 2.29. The third-order valence-electron chi connectivity index (χ3n) is 4.48. The summed E-state index contributed by atoms with van der Waals surface area (Å²) in [6, 6.07) is 19.9. The van der Waals surface area contributed by atoms with Gasteiger partial charge in [-0.25, -0.2) is 4.79 Å². The molecule has 0 amide bonds. The van der Waals surface area contributed by atoms with Gasteiger partial charge in [-0.1, -0.05) is 48.5 Å². The van der Waals surface area contributed by atoms with Gasteiger partial charge in [-0.15, -0.1) is 5.48 Å². The van der Waals surface area contributed by atoms with E-state index in [1.807, 2.05) is 56.3 Å². The lowest BCUT2D eigenvalue weighted by atomic mass is 10.0. The van der Waals surface area contributed by atoms with E-state index in [1.165, 1.54) is 5.56 Å². The molecule has 0 saturated carbocycles. The molecule has 0 heterocycles. The maximum Gasteiger partial charge on any atom is 0.362 e. The summed E-state index contributed by atoms with van der Waals surface area (Å²) >= 11 is 0. The van der Waals surface area contributed by atoms with Crippen LogP contribution in [0.15, 0.2) is 60.7 Å². The Hall–Kier alpha value is -2.89. The summed E-state index contributed by atoms with van der Waals surface area (Å²) in [5.74, 6) is 0.108. The summed E-state index contributed by atoms with van der Waals surface area (Å²) in [6.07, 6.45) is 0.0218. The molecule has 5 nitrogen and oxygen atoms in total. The number of fused-ring (bicyclic) bond motifs is 1. The highest BCUT2D eigenvalue weighted by Gasteiger charge is 2.11. The molecule has 0 aliphatic heterocycles. The van der Waals surface area contributed by atoms with Crippen molar-refractivity contribution in [1.29, 1.82) is 0 Å². The molecule has 3 N–H and O–H groups in total. The maximum absolute atomic E-state index is 11.9. The number of aryl methyl sites for hydroxylation is 2. The van der Waals surface area contributed by atoms with Gasteiger partial charge in [-0.3, -0.25) is 0 Å². The second-order valence-corrected chi connectivity index (χ2v) is 6.58. The van der Waals surface area contributed by atoms with Gasteiger partial charge >= 0.3 is 5.97 Å². The van der Waals surface area contributed by atoms with Gasteiger partial charge in [0.25, 0.3) is 0 Å². The van der Waals surface area contributed by atoms with Crippen molar-refractivity contribution in [3.8, 4) is 5.75 Å². The van der Waals surface area contributed by atoms with Crippen LogP contribution in [0.2, 0.25) is 0 Å². The SMILES string of the molecule is Cc1ccc(OCC(=O)ON[C@H](N)Cc2cccc3ccccc23)cc1C. The molecule has 0 aliphatic rings. The second-order valence-electron chi connectivity index (χ2n) is 6.58. The molecule has 0 unspecified atom stereocenters. The van der Waals surface area contributed by atoms with Gasteiger partial charge in [0, 0.05) is 6.42 Å². The molecule has 0 saturated heterocycles. The summed E-state index contributed by atoms with van der Waals surface area (Å²) in [6.45, 7) is 3.83. The van der Waals surface area contributed by atoms with E-state index >= 15 is 0 Å². The number of hydrogen-bond acceptors (Lipinski definition) is 5. The van der Waals surface area contributed by atoms with E-state index in [0.29, 0.717) is 12.2 Å². The minimum atomic E-state index is -0.526. The molecule has 0 spiro atoms. The zero-order valence-corrected chi connectivity index (χ0v) is 15.6. The highest BCUT2D eigenvalue weighted by molar-refractivity contribution is 5.85. The molecule has 27 heavy (non-hydrogen) atoms. The topological polar surface area (TPSA) is 73.6 Å². The zero-order valence-electron chi connectivity index (χ0n) is 15.6. The van der Waals surface area contributed by atoms with Crippen LogP contribution in [0.25, 0.3) is 10.8 Å². The first-order valence-electron chi connectivity index (χ1n) is 8.90. The quantitative estimate of drug-likeness (QED) is 0.496. The molecule has 3 rings (SSSR count). The number of nitrogens with two attached hydrogens (primary N) is 1. The molecule has 3 aromatic carbocycles. The number of nitrogens with one attached hydrogen (secondary N) is 1. The van der Waals surface area contributed by atoms with Crippen LogP contribution in [0, 0.1) is 13.8 Å². The van der Waals surface area contributed by atoms with Gasteiger partial charge in [0.05, 0.1) is 6.17 Å². The smallest absolute Gasteiger partial charge is 0.362 e. The van der Waals surface area contributed by atoms with Crippen molar-refractivity contribution in [2.24, 2.45) is 5.73 Å². The van der Waals surface area contributed by atoms with Crippen molar-refractivity contribution < 1.29 is 14.4 Å². The van der Waals surface area contributed by atoms with E-state index in [-0.39, 0.29) is 6.61 Å². The van der Waals surface area contributed by atoms with Crippen molar-refractivity contribution in [2.45, 2.75) is 26.4 Å². The first-order valence-corrected chi connectivity index (χ1v) is 8.90. The highest BCUT2D eigenvalue weighted by atomic mass is 16.7. The average molecular weight is 364 g/mol. The molecule has 0 fully saturated rings. The van der Waals surface area contributed by atoms with Gasteiger partial charge in [0.15, 0.2) is 6.61 Å². The first kappa shape index (κ1) is 18.9. The summed E-state index contributed by atoms with van der Waals surface area (Å²) in [7, 11) is 0. The molecule has 3 aromatic rings. The van der Waals surface area contributed by atoms with Crippen LogP contribution in [-0.2, 0) is 16.1 Å². The second kappa shape index (κ2) is 8.66. The molecule has 0 bridgehead atoms. The largest absolute Gasteiger partial charge is 0.482 e. The van der Waals surface area contributed by atoms with Crippen molar-refractivity contribution in [3.05, 3.63) is 77.4 Å². The fourth-order valence-electron chi connectivity index (χ4n) is 2.87. The van der Waals surface area contributed by atoms with E-state index in [2.05, 4.69) is 23.7 Å². The monoisotopic (exact) mass is 364 g/mol. The van der Waals surface area contributed by atoms with Gasteiger partial charge < -0.3 is 15.3 Å². The molecule has 0 aromatic heterocycles. The number of carbonyl (C=O) groups is 1. The maximum atomic E-state index is 11.9. The lowest BCUT2D eigenvalue weighted by molar-refractivity contribution is -0.155. The molecular formula is C22H24N2O3. The van der Waals surface area contributed by atoms with Gasteiger partial charge in [0.2, 0.25) is 0 Å². The third-order valence-corrected chi connectivity index (χ3v) is 4.48. The average Bonchev–Trinajstić information content (AvgIpc) is 2.67. The number of benzene rings is 3. The van der Waals surface area contributed by atoms with Crippen LogP contribution in [-0.4, -0.2) is 18.7 Å². The van der Waals surface area contributed by atoms with Crippen LogP contribution in [0.1, 0.15) is 16.7 Å². The molecule has 140 valence electrons. The van der Waals surface area contributed by atoms with E-state index in [9.17, 15) is 4.79 Å². The van der Waals surface area contributed by atoms with Crippen LogP contribution < -0.4 is 16.0 Å². The van der Waals surface area contributed by atoms with Crippen molar-refractivity contribution in [1.82, 2.24) is 5.48 Å². The number of hydroxylamine groups is 1. The predicted molar refractivity (Wildman–Crippen MR) is 106 cm³/mol. The van der Waals surface area contributed by atoms with Crippen molar-refractivity contribution in [3.63, 3.8) is 0 Å². The van der Waals surface area contributed by atoms with Crippen LogP contribution in [0.4, 0.5) is 0 Å².